The Morgan fingerprint density at radius 3 is 2.46 bits per heavy atom. The normalized spacial score (nSPS) is 35.3. The average molecular weight is 351 g/mol. The van der Waals surface area contributed by atoms with Crippen molar-refractivity contribution in [3.8, 4) is 0 Å². The van der Waals surface area contributed by atoms with E-state index in [9.17, 15) is 4.79 Å². The zero-order valence-corrected chi connectivity index (χ0v) is 15.1. The van der Waals surface area contributed by atoms with Crippen molar-refractivity contribution in [2.75, 3.05) is 39.3 Å². The van der Waals surface area contributed by atoms with Gasteiger partial charge in [-0.2, -0.15) is 0 Å². The summed E-state index contributed by atoms with van der Waals surface area (Å²) in [4.78, 5) is 22.3. The third-order valence-electron chi connectivity index (χ3n) is 6.48. The summed E-state index contributed by atoms with van der Waals surface area (Å²) in [6.45, 7) is 6.44. The summed E-state index contributed by atoms with van der Waals surface area (Å²) in [5.41, 5.74) is 1.92. The molecule has 6 rings (SSSR count). The Morgan fingerprint density at radius 2 is 1.85 bits per heavy atom. The van der Waals surface area contributed by atoms with Gasteiger partial charge in [0.1, 0.15) is 5.69 Å². The number of amides is 1. The van der Waals surface area contributed by atoms with Gasteiger partial charge in [0.05, 0.1) is 12.5 Å². The van der Waals surface area contributed by atoms with Gasteiger partial charge in [0.2, 0.25) is 0 Å². The Labute approximate surface area is 153 Å². The highest BCUT2D eigenvalue weighted by atomic mass is 16.2. The molecule has 4 bridgehead atoms. The van der Waals surface area contributed by atoms with Crippen LogP contribution >= 0.6 is 0 Å². The van der Waals surface area contributed by atoms with Crippen molar-refractivity contribution in [2.24, 2.45) is 13.0 Å². The quantitative estimate of drug-likeness (QED) is 0.885. The van der Waals surface area contributed by atoms with E-state index in [4.69, 9.17) is 0 Å². The van der Waals surface area contributed by atoms with Gasteiger partial charge in [0.25, 0.3) is 5.91 Å². The van der Waals surface area contributed by atoms with Crippen LogP contribution < -0.4 is 5.32 Å². The third-order valence-corrected chi connectivity index (χ3v) is 6.48. The van der Waals surface area contributed by atoms with Crippen LogP contribution in [-0.4, -0.2) is 70.6 Å². The van der Waals surface area contributed by atoms with Gasteiger partial charge in [-0.3, -0.25) is 4.79 Å². The number of hydrogen-bond acceptors (Lipinski definition) is 4. The maximum atomic E-state index is 13.0. The second-order valence-corrected chi connectivity index (χ2v) is 8.09. The van der Waals surface area contributed by atoms with Gasteiger partial charge in [-0.1, -0.05) is 30.3 Å². The number of piperidine rings is 2. The van der Waals surface area contributed by atoms with Crippen molar-refractivity contribution in [1.29, 1.82) is 0 Å². The summed E-state index contributed by atoms with van der Waals surface area (Å²) in [7, 11) is 1.87. The number of aryl methyl sites for hydroxylation is 1. The van der Waals surface area contributed by atoms with E-state index < -0.39 is 0 Å². The molecular weight excluding hydrogens is 326 g/mol. The van der Waals surface area contributed by atoms with Crippen LogP contribution in [0.15, 0.2) is 42.9 Å². The Balaban J connectivity index is 1.54. The lowest BCUT2D eigenvalue weighted by Crippen LogP contribution is -2.70. The number of carbonyl (C=O) groups is 1. The highest BCUT2D eigenvalue weighted by molar-refractivity contribution is 5.92. The number of nitrogens with zero attached hydrogens (tertiary/aromatic N) is 4. The summed E-state index contributed by atoms with van der Waals surface area (Å²) in [6.07, 6.45) is 3.33. The summed E-state index contributed by atoms with van der Waals surface area (Å²) in [6, 6.07) is 10.9. The Hall–Kier alpha value is -2.18. The summed E-state index contributed by atoms with van der Waals surface area (Å²) < 4.78 is 1.79. The maximum Gasteiger partial charge on any atom is 0.269 e. The van der Waals surface area contributed by atoms with E-state index in [2.05, 4.69) is 50.4 Å². The highest BCUT2D eigenvalue weighted by Crippen LogP contribution is 2.43. The standard InChI is InChI=1S/C20H25N5O/c1-23-14-21-9-17(23)19(26)22-18-15-10-24-7-8-25(11-15)13-20(18,12-24)16-5-3-2-4-6-16/h2-6,9,14-15,18H,7-8,10-13H2,1H3,(H,22,26)/t15?,18-,20?/m1/s1. The summed E-state index contributed by atoms with van der Waals surface area (Å²) in [5.74, 6) is 0.443. The minimum absolute atomic E-state index is 0.0125. The minimum atomic E-state index is -0.0484. The molecule has 6 nitrogen and oxygen atoms in total. The van der Waals surface area contributed by atoms with Gasteiger partial charge < -0.3 is 19.7 Å². The van der Waals surface area contributed by atoms with E-state index in [0.29, 0.717) is 11.6 Å². The molecule has 2 unspecified atom stereocenters. The van der Waals surface area contributed by atoms with Crippen LogP contribution in [0.4, 0.5) is 0 Å². The molecule has 0 saturated carbocycles. The molecule has 1 aromatic carbocycles. The monoisotopic (exact) mass is 351 g/mol. The molecule has 26 heavy (non-hydrogen) atoms. The van der Waals surface area contributed by atoms with E-state index in [-0.39, 0.29) is 17.4 Å². The molecule has 4 aliphatic heterocycles. The molecule has 2 aromatic rings. The number of rotatable bonds is 3. The number of carbonyl (C=O) groups excluding carboxylic acids is 1. The molecule has 3 atom stereocenters. The van der Waals surface area contributed by atoms with Crippen LogP contribution in [0, 0.1) is 5.92 Å². The number of fused-ring (bicyclic) bond motifs is 1. The van der Waals surface area contributed by atoms with Crippen molar-refractivity contribution in [1.82, 2.24) is 24.7 Å². The van der Waals surface area contributed by atoms with Gasteiger partial charge in [-0.25, -0.2) is 4.98 Å². The summed E-state index contributed by atoms with van der Waals surface area (Å²) in [5, 5.41) is 3.42. The molecule has 0 spiro atoms. The predicted molar refractivity (Wildman–Crippen MR) is 99.0 cm³/mol. The number of benzene rings is 1. The minimum Gasteiger partial charge on any atom is -0.347 e. The van der Waals surface area contributed by atoms with Crippen molar-refractivity contribution < 1.29 is 4.79 Å². The second-order valence-electron chi connectivity index (χ2n) is 8.09. The fraction of sp³-hybridized carbons (Fsp3) is 0.500. The molecule has 6 heteroatoms. The second kappa shape index (κ2) is 5.93. The Kier molecular flexibility index (Phi) is 3.65. The van der Waals surface area contributed by atoms with Crippen LogP contribution in [0.2, 0.25) is 0 Å². The molecule has 136 valence electrons. The first-order valence-electron chi connectivity index (χ1n) is 9.43. The average Bonchev–Trinajstić information content (AvgIpc) is 2.92. The van der Waals surface area contributed by atoms with Crippen molar-refractivity contribution in [3.63, 3.8) is 0 Å². The largest absolute Gasteiger partial charge is 0.347 e. The molecule has 0 aliphatic carbocycles. The molecule has 4 aliphatic rings. The van der Waals surface area contributed by atoms with E-state index in [1.165, 1.54) is 5.56 Å². The third kappa shape index (κ3) is 2.40. The van der Waals surface area contributed by atoms with E-state index in [0.717, 1.165) is 39.3 Å². The van der Waals surface area contributed by atoms with Gasteiger partial charge in [0.15, 0.2) is 0 Å². The molecule has 1 N–H and O–H groups in total. The predicted octanol–water partition coefficient (Wildman–Crippen LogP) is 0.718. The molecule has 4 fully saturated rings. The summed E-state index contributed by atoms with van der Waals surface area (Å²) >= 11 is 0. The van der Waals surface area contributed by atoms with Crippen LogP contribution in [0.1, 0.15) is 16.1 Å². The molecule has 5 heterocycles. The van der Waals surface area contributed by atoms with Crippen molar-refractivity contribution in [3.05, 3.63) is 54.1 Å². The zero-order valence-electron chi connectivity index (χ0n) is 15.1. The van der Waals surface area contributed by atoms with Gasteiger partial charge in [-0.15, -0.1) is 0 Å². The Bertz CT molecular complexity index is 801. The molecule has 1 amide bonds. The molecule has 0 radical (unpaired) electrons. The SMILES string of the molecule is Cn1cncc1C(=O)N[C@@H]1C2CN3CCN(C2)CC1(c1ccccc1)C3. The Morgan fingerprint density at radius 1 is 1.15 bits per heavy atom. The lowest BCUT2D eigenvalue weighted by atomic mass is 9.64. The number of hydrogen-bond donors (Lipinski definition) is 1. The first-order chi connectivity index (χ1) is 12.7. The highest BCUT2D eigenvalue weighted by Gasteiger charge is 2.55. The van der Waals surface area contributed by atoms with Crippen LogP contribution in [0.25, 0.3) is 0 Å². The molecule has 4 saturated heterocycles. The van der Waals surface area contributed by atoms with Crippen LogP contribution in [0.3, 0.4) is 0 Å². The van der Waals surface area contributed by atoms with E-state index in [1.807, 2.05) is 7.05 Å². The fourth-order valence-electron chi connectivity index (χ4n) is 5.36. The van der Waals surface area contributed by atoms with Gasteiger partial charge in [0, 0.05) is 63.7 Å². The fourth-order valence-corrected chi connectivity index (χ4v) is 5.36. The van der Waals surface area contributed by atoms with Gasteiger partial charge >= 0.3 is 0 Å². The van der Waals surface area contributed by atoms with Crippen molar-refractivity contribution in [2.45, 2.75) is 11.5 Å². The van der Waals surface area contributed by atoms with Crippen LogP contribution in [0.5, 0.6) is 0 Å². The number of imidazole rings is 1. The van der Waals surface area contributed by atoms with Gasteiger partial charge in [-0.05, 0) is 5.56 Å². The van der Waals surface area contributed by atoms with Crippen molar-refractivity contribution >= 4 is 5.91 Å². The topological polar surface area (TPSA) is 53.4 Å². The number of aromatic nitrogens is 2. The maximum absolute atomic E-state index is 13.0. The first kappa shape index (κ1) is 16.0. The molecular formula is C20H25N5O. The lowest BCUT2D eigenvalue weighted by Gasteiger charge is -2.55. The first-order valence-corrected chi connectivity index (χ1v) is 9.43. The zero-order chi connectivity index (χ0) is 17.7. The lowest BCUT2D eigenvalue weighted by molar-refractivity contribution is 0.0179. The van der Waals surface area contributed by atoms with E-state index >= 15 is 0 Å². The smallest absolute Gasteiger partial charge is 0.269 e. The molecule has 1 aromatic heterocycles. The van der Waals surface area contributed by atoms with E-state index in [1.54, 1.807) is 17.1 Å². The number of nitrogens with one attached hydrogen (secondary N) is 1. The van der Waals surface area contributed by atoms with Crippen LogP contribution in [-0.2, 0) is 12.5 Å².